The van der Waals surface area contributed by atoms with E-state index in [0.29, 0.717) is 5.25 Å². The van der Waals surface area contributed by atoms with Crippen molar-refractivity contribution in [2.75, 3.05) is 24.4 Å². The minimum Gasteiger partial charge on any atom is -0.496 e. The fourth-order valence-electron chi connectivity index (χ4n) is 2.21. The molecule has 18 heavy (non-hydrogen) atoms. The zero-order chi connectivity index (χ0) is 13.0. The SMILES string of the molecule is COc1ccc(C)cc1CC(N)C1CSCCS1. The van der Waals surface area contributed by atoms with Crippen molar-refractivity contribution in [2.45, 2.75) is 24.6 Å². The zero-order valence-electron chi connectivity index (χ0n) is 11.0. The van der Waals surface area contributed by atoms with Gasteiger partial charge in [-0.3, -0.25) is 0 Å². The van der Waals surface area contributed by atoms with Gasteiger partial charge in [-0.1, -0.05) is 17.7 Å². The summed E-state index contributed by atoms with van der Waals surface area (Å²) < 4.78 is 5.42. The maximum absolute atomic E-state index is 6.36. The highest BCUT2D eigenvalue weighted by molar-refractivity contribution is 8.06. The molecule has 0 aromatic heterocycles. The number of methoxy groups -OCH3 is 1. The molecule has 2 rings (SSSR count). The van der Waals surface area contributed by atoms with E-state index in [1.165, 1.54) is 28.4 Å². The van der Waals surface area contributed by atoms with Crippen LogP contribution in [0.25, 0.3) is 0 Å². The Bertz CT molecular complexity index is 391. The summed E-state index contributed by atoms with van der Waals surface area (Å²) in [6, 6.07) is 6.54. The lowest BCUT2D eigenvalue weighted by molar-refractivity contribution is 0.407. The summed E-state index contributed by atoms with van der Waals surface area (Å²) in [5.41, 5.74) is 8.87. The van der Waals surface area contributed by atoms with Gasteiger partial charge in [0.1, 0.15) is 5.75 Å². The summed E-state index contributed by atoms with van der Waals surface area (Å²) in [4.78, 5) is 0. The molecule has 0 amide bonds. The molecule has 0 radical (unpaired) electrons. The highest BCUT2D eigenvalue weighted by atomic mass is 32.2. The molecule has 0 saturated carbocycles. The quantitative estimate of drug-likeness (QED) is 0.921. The lowest BCUT2D eigenvalue weighted by Crippen LogP contribution is -2.38. The summed E-state index contributed by atoms with van der Waals surface area (Å²) >= 11 is 4.04. The third-order valence-corrected chi connectivity index (χ3v) is 6.15. The van der Waals surface area contributed by atoms with Crippen LogP contribution >= 0.6 is 23.5 Å². The van der Waals surface area contributed by atoms with Gasteiger partial charge in [-0.2, -0.15) is 23.5 Å². The Hall–Kier alpha value is -0.320. The predicted octanol–water partition coefficient (Wildman–Crippen LogP) is 2.72. The molecule has 1 saturated heterocycles. The van der Waals surface area contributed by atoms with Gasteiger partial charge in [0.15, 0.2) is 0 Å². The van der Waals surface area contributed by atoms with E-state index in [9.17, 15) is 0 Å². The van der Waals surface area contributed by atoms with Crippen molar-refractivity contribution in [3.63, 3.8) is 0 Å². The van der Waals surface area contributed by atoms with Crippen molar-refractivity contribution in [2.24, 2.45) is 5.73 Å². The van der Waals surface area contributed by atoms with Crippen LogP contribution in [0.2, 0.25) is 0 Å². The maximum Gasteiger partial charge on any atom is 0.122 e. The average molecular weight is 283 g/mol. The Morgan fingerprint density at radius 3 is 2.94 bits per heavy atom. The standard InChI is InChI=1S/C14H21NOS2/c1-10-3-4-13(16-2)11(7-10)8-12(15)14-9-17-5-6-18-14/h3-4,7,12,14H,5-6,8-9,15H2,1-2H3. The first-order chi connectivity index (χ1) is 8.70. The number of thioether (sulfide) groups is 2. The van der Waals surface area contributed by atoms with Gasteiger partial charge in [0.2, 0.25) is 0 Å². The predicted molar refractivity (Wildman–Crippen MR) is 83.0 cm³/mol. The molecule has 0 spiro atoms. The van der Waals surface area contributed by atoms with Gasteiger partial charge < -0.3 is 10.5 Å². The normalized spacial score (nSPS) is 21.6. The maximum atomic E-state index is 6.36. The summed E-state index contributed by atoms with van der Waals surface area (Å²) in [5, 5.41) is 0.578. The van der Waals surface area contributed by atoms with Crippen LogP contribution < -0.4 is 10.5 Å². The van der Waals surface area contributed by atoms with Crippen molar-refractivity contribution in [1.29, 1.82) is 0 Å². The second-order valence-corrected chi connectivity index (χ2v) is 7.16. The highest BCUT2D eigenvalue weighted by Crippen LogP contribution is 2.29. The molecule has 4 heteroatoms. The molecule has 1 aliphatic rings. The molecule has 2 atom stereocenters. The van der Waals surface area contributed by atoms with E-state index >= 15 is 0 Å². The summed E-state index contributed by atoms with van der Waals surface area (Å²) in [7, 11) is 1.73. The van der Waals surface area contributed by atoms with E-state index < -0.39 is 0 Å². The Balaban J connectivity index is 2.05. The minimum atomic E-state index is 0.221. The Labute approximate surface area is 118 Å². The van der Waals surface area contributed by atoms with Gasteiger partial charge in [0.05, 0.1) is 7.11 Å². The first-order valence-corrected chi connectivity index (χ1v) is 8.49. The van der Waals surface area contributed by atoms with Gasteiger partial charge in [-0.05, 0) is 25.0 Å². The molecule has 0 aliphatic carbocycles. The Morgan fingerprint density at radius 2 is 2.28 bits per heavy atom. The Kier molecular flexibility index (Phi) is 5.27. The molecule has 1 fully saturated rings. The largest absolute Gasteiger partial charge is 0.496 e. The molecule has 1 heterocycles. The number of benzene rings is 1. The number of nitrogens with two attached hydrogens (primary N) is 1. The van der Waals surface area contributed by atoms with Crippen LogP contribution in [0.15, 0.2) is 18.2 Å². The third-order valence-electron chi connectivity index (χ3n) is 3.21. The zero-order valence-corrected chi connectivity index (χ0v) is 12.7. The second-order valence-electron chi connectivity index (χ2n) is 4.67. The van der Waals surface area contributed by atoms with E-state index in [4.69, 9.17) is 10.5 Å². The van der Waals surface area contributed by atoms with Crippen LogP contribution in [0.4, 0.5) is 0 Å². The van der Waals surface area contributed by atoms with Crippen molar-refractivity contribution in [3.05, 3.63) is 29.3 Å². The molecule has 1 aromatic carbocycles. The lowest BCUT2D eigenvalue weighted by atomic mass is 10.0. The number of rotatable bonds is 4. The van der Waals surface area contributed by atoms with E-state index in [1.807, 2.05) is 29.6 Å². The van der Waals surface area contributed by atoms with Gasteiger partial charge in [0, 0.05) is 28.6 Å². The molecule has 2 N–H and O–H groups in total. The van der Waals surface area contributed by atoms with Crippen LogP contribution in [-0.4, -0.2) is 35.7 Å². The first-order valence-electron chi connectivity index (χ1n) is 6.29. The van der Waals surface area contributed by atoms with E-state index in [-0.39, 0.29) is 6.04 Å². The van der Waals surface area contributed by atoms with Gasteiger partial charge in [-0.15, -0.1) is 0 Å². The average Bonchev–Trinajstić information content (AvgIpc) is 2.40. The molecule has 2 nitrogen and oxygen atoms in total. The molecule has 1 aromatic rings. The highest BCUT2D eigenvalue weighted by Gasteiger charge is 2.22. The van der Waals surface area contributed by atoms with Crippen LogP contribution in [-0.2, 0) is 6.42 Å². The van der Waals surface area contributed by atoms with Crippen LogP contribution in [0.1, 0.15) is 11.1 Å². The molecule has 100 valence electrons. The number of ether oxygens (including phenoxy) is 1. The minimum absolute atomic E-state index is 0.221. The summed E-state index contributed by atoms with van der Waals surface area (Å²) in [6.45, 7) is 2.11. The summed E-state index contributed by atoms with van der Waals surface area (Å²) in [6.07, 6.45) is 0.906. The van der Waals surface area contributed by atoms with Crippen LogP contribution in [0, 0.1) is 6.92 Å². The third kappa shape index (κ3) is 3.59. The molecule has 2 unspecified atom stereocenters. The van der Waals surface area contributed by atoms with Crippen molar-refractivity contribution in [3.8, 4) is 5.75 Å². The lowest BCUT2D eigenvalue weighted by Gasteiger charge is -2.27. The second kappa shape index (κ2) is 6.73. The molecule has 1 aliphatic heterocycles. The smallest absolute Gasteiger partial charge is 0.122 e. The number of aryl methyl sites for hydroxylation is 1. The topological polar surface area (TPSA) is 35.2 Å². The number of hydrogen-bond acceptors (Lipinski definition) is 4. The molecular formula is C14H21NOS2. The van der Waals surface area contributed by atoms with Crippen molar-refractivity contribution in [1.82, 2.24) is 0 Å². The number of hydrogen-bond donors (Lipinski definition) is 1. The van der Waals surface area contributed by atoms with Gasteiger partial charge in [-0.25, -0.2) is 0 Å². The molecule has 0 bridgehead atoms. The fourth-order valence-corrected chi connectivity index (χ4v) is 5.03. The van der Waals surface area contributed by atoms with Gasteiger partial charge in [0.25, 0.3) is 0 Å². The Morgan fingerprint density at radius 1 is 1.44 bits per heavy atom. The first kappa shape index (κ1) is 14.1. The van der Waals surface area contributed by atoms with Crippen LogP contribution in [0.3, 0.4) is 0 Å². The summed E-state index contributed by atoms with van der Waals surface area (Å²) in [5.74, 6) is 4.64. The van der Waals surface area contributed by atoms with Crippen molar-refractivity contribution >= 4 is 23.5 Å². The van der Waals surface area contributed by atoms with Crippen LogP contribution in [0.5, 0.6) is 5.75 Å². The van der Waals surface area contributed by atoms with Gasteiger partial charge >= 0.3 is 0 Å². The monoisotopic (exact) mass is 283 g/mol. The van der Waals surface area contributed by atoms with E-state index in [2.05, 4.69) is 19.1 Å². The molecular weight excluding hydrogens is 262 g/mol. The van der Waals surface area contributed by atoms with Crippen molar-refractivity contribution < 1.29 is 4.74 Å². The van der Waals surface area contributed by atoms with E-state index in [1.54, 1.807) is 7.11 Å². The fraction of sp³-hybridized carbons (Fsp3) is 0.571. The van der Waals surface area contributed by atoms with E-state index in [0.717, 1.165) is 12.2 Å².